The summed E-state index contributed by atoms with van der Waals surface area (Å²) in [5.41, 5.74) is 0.177. The Morgan fingerprint density at radius 2 is 2.11 bits per heavy atom. The van der Waals surface area contributed by atoms with Crippen LogP contribution in [0.1, 0.15) is 37.9 Å². The normalized spacial score (nSPS) is 24.7. The second-order valence-electron chi connectivity index (χ2n) is 4.83. The molecule has 0 amide bonds. The van der Waals surface area contributed by atoms with E-state index in [1.807, 2.05) is 6.92 Å². The first-order chi connectivity index (χ1) is 8.60. The van der Waals surface area contributed by atoms with Gasteiger partial charge in [-0.1, -0.05) is 6.07 Å². The number of rotatable bonds is 5. The highest BCUT2D eigenvalue weighted by Gasteiger charge is 2.31. The lowest BCUT2D eigenvalue weighted by atomic mass is 9.78. The lowest BCUT2D eigenvalue weighted by molar-refractivity contribution is -0.0382. The van der Waals surface area contributed by atoms with Gasteiger partial charge in [-0.05, 0) is 38.2 Å². The average Bonchev–Trinajstić information content (AvgIpc) is 2.26. The minimum absolute atomic E-state index is 0.177. The van der Waals surface area contributed by atoms with E-state index in [0.717, 1.165) is 18.9 Å². The maximum absolute atomic E-state index is 13.4. The molecule has 1 fully saturated rings. The molecule has 18 heavy (non-hydrogen) atoms. The standard InChI is InChI=1S/C14H18F2O2/c1-2-18-11-5-9(6-11)7-14(17)12-4-3-10(15)8-13(12)16/h3-4,8-9,11,14,17H,2,5-7H2,1H3. The van der Waals surface area contributed by atoms with Crippen molar-refractivity contribution >= 4 is 0 Å². The quantitative estimate of drug-likeness (QED) is 0.876. The largest absolute Gasteiger partial charge is 0.388 e. The summed E-state index contributed by atoms with van der Waals surface area (Å²) in [5, 5.41) is 9.94. The van der Waals surface area contributed by atoms with Gasteiger partial charge in [-0.2, -0.15) is 0 Å². The average molecular weight is 256 g/mol. The summed E-state index contributed by atoms with van der Waals surface area (Å²) < 4.78 is 31.6. The number of benzene rings is 1. The summed E-state index contributed by atoms with van der Waals surface area (Å²) in [4.78, 5) is 0. The molecular formula is C14H18F2O2. The molecule has 0 aliphatic heterocycles. The highest BCUT2D eigenvalue weighted by molar-refractivity contribution is 5.21. The van der Waals surface area contributed by atoms with Crippen LogP contribution < -0.4 is 0 Å². The highest BCUT2D eigenvalue weighted by Crippen LogP contribution is 2.37. The number of hydrogen-bond acceptors (Lipinski definition) is 2. The summed E-state index contributed by atoms with van der Waals surface area (Å²) in [6.07, 6.45) is 1.75. The van der Waals surface area contributed by atoms with Crippen LogP contribution in [0, 0.1) is 17.6 Å². The van der Waals surface area contributed by atoms with Crippen LogP contribution >= 0.6 is 0 Å². The number of halogens is 2. The van der Waals surface area contributed by atoms with Crippen molar-refractivity contribution in [1.82, 2.24) is 0 Å². The van der Waals surface area contributed by atoms with Gasteiger partial charge in [-0.25, -0.2) is 8.78 Å². The molecule has 0 radical (unpaired) electrons. The lowest BCUT2D eigenvalue weighted by Gasteiger charge is -2.36. The van der Waals surface area contributed by atoms with E-state index in [1.54, 1.807) is 0 Å². The fourth-order valence-corrected chi connectivity index (χ4v) is 2.45. The van der Waals surface area contributed by atoms with E-state index in [4.69, 9.17) is 4.74 Å². The van der Waals surface area contributed by atoms with Crippen molar-refractivity contribution in [2.24, 2.45) is 5.92 Å². The third kappa shape index (κ3) is 3.06. The zero-order valence-corrected chi connectivity index (χ0v) is 10.4. The molecule has 2 nitrogen and oxygen atoms in total. The Labute approximate surface area is 106 Å². The van der Waals surface area contributed by atoms with Gasteiger partial charge in [-0.15, -0.1) is 0 Å². The minimum atomic E-state index is -0.863. The van der Waals surface area contributed by atoms with E-state index in [9.17, 15) is 13.9 Å². The van der Waals surface area contributed by atoms with Crippen molar-refractivity contribution < 1.29 is 18.6 Å². The van der Waals surface area contributed by atoms with Gasteiger partial charge < -0.3 is 9.84 Å². The monoisotopic (exact) mass is 256 g/mol. The van der Waals surface area contributed by atoms with E-state index in [2.05, 4.69) is 0 Å². The van der Waals surface area contributed by atoms with Gasteiger partial charge in [0.05, 0.1) is 12.2 Å². The molecule has 0 aromatic heterocycles. The first-order valence-corrected chi connectivity index (χ1v) is 6.34. The topological polar surface area (TPSA) is 29.5 Å². The van der Waals surface area contributed by atoms with Gasteiger partial charge >= 0.3 is 0 Å². The first kappa shape index (κ1) is 13.4. The lowest BCUT2D eigenvalue weighted by Crippen LogP contribution is -2.32. The summed E-state index contributed by atoms with van der Waals surface area (Å²) in [7, 11) is 0. The Bertz CT molecular complexity index is 403. The molecule has 0 saturated heterocycles. The molecule has 4 heteroatoms. The van der Waals surface area contributed by atoms with Crippen LogP contribution in [0.2, 0.25) is 0 Å². The smallest absolute Gasteiger partial charge is 0.131 e. The molecule has 0 bridgehead atoms. The predicted molar refractivity (Wildman–Crippen MR) is 64.1 cm³/mol. The van der Waals surface area contributed by atoms with Crippen LogP contribution in [-0.2, 0) is 4.74 Å². The zero-order chi connectivity index (χ0) is 13.1. The van der Waals surface area contributed by atoms with Crippen molar-refractivity contribution in [3.8, 4) is 0 Å². The van der Waals surface area contributed by atoms with Gasteiger partial charge in [0, 0.05) is 18.2 Å². The van der Waals surface area contributed by atoms with Crippen molar-refractivity contribution in [3.63, 3.8) is 0 Å². The molecule has 1 saturated carbocycles. The third-order valence-corrected chi connectivity index (χ3v) is 3.47. The second-order valence-corrected chi connectivity index (χ2v) is 4.83. The van der Waals surface area contributed by atoms with E-state index in [0.29, 0.717) is 18.9 Å². The van der Waals surface area contributed by atoms with E-state index < -0.39 is 17.7 Å². The van der Waals surface area contributed by atoms with Crippen LogP contribution in [0.5, 0.6) is 0 Å². The van der Waals surface area contributed by atoms with Gasteiger partial charge in [0.25, 0.3) is 0 Å². The van der Waals surface area contributed by atoms with Gasteiger partial charge in [0.2, 0.25) is 0 Å². The van der Waals surface area contributed by atoms with Crippen molar-refractivity contribution in [2.75, 3.05) is 6.61 Å². The molecule has 1 N–H and O–H groups in total. The molecule has 1 aliphatic carbocycles. The fraction of sp³-hybridized carbons (Fsp3) is 0.571. The molecule has 1 aromatic carbocycles. The maximum atomic E-state index is 13.4. The van der Waals surface area contributed by atoms with Crippen molar-refractivity contribution in [3.05, 3.63) is 35.4 Å². The number of ether oxygens (including phenoxy) is 1. The summed E-state index contributed by atoms with van der Waals surface area (Å²) >= 11 is 0. The molecule has 2 rings (SSSR count). The van der Waals surface area contributed by atoms with E-state index >= 15 is 0 Å². The first-order valence-electron chi connectivity index (χ1n) is 6.34. The summed E-state index contributed by atoms with van der Waals surface area (Å²) in [6, 6.07) is 3.29. The van der Waals surface area contributed by atoms with Crippen molar-refractivity contribution in [2.45, 2.75) is 38.4 Å². The van der Waals surface area contributed by atoms with Crippen LogP contribution in [0.3, 0.4) is 0 Å². The Morgan fingerprint density at radius 1 is 1.39 bits per heavy atom. The van der Waals surface area contributed by atoms with Crippen LogP contribution in [0.15, 0.2) is 18.2 Å². The minimum Gasteiger partial charge on any atom is -0.388 e. The summed E-state index contributed by atoms with van der Waals surface area (Å²) in [5.74, 6) is -0.937. The van der Waals surface area contributed by atoms with Crippen LogP contribution in [0.25, 0.3) is 0 Å². The molecule has 1 unspecified atom stereocenters. The van der Waals surface area contributed by atoms with Crippen LogP contribution in [0.4, 0.5) is 8.78 Å². The molecule has 1 aromatic rings. The van der Waals surface area contributed by atoms with E-state index in [-0.39, 0.29) is 11.7 Å². The SMILES string of the molecule is CCOC1CC(CC(O)c2ccc(F)cc2F)C1. The molecule has 0 spiro atoms. The highest BCUT2D eigenvalue weighted by atomic mass is 19.1. The molecule has 1 atom stereocenters. The van der Waals surface area contributed by atoms with Gasteiger partial charge in [-0.3, -0.25) is 0 Å². The van der Waals surface area contributed by atoms with Gasteiger partial charge in [0.15, 0.2) is 0 Å². The second kappa shape index (κ2) is 5.76. The zero-order valence-electron chi connectivity index (χ0n) is 10.4. The maximum Gasteiger partial charge on any atom is 0.131 e. The summed E-state index contributed by atoms with van der Waals surface area (Å²) in [6.45, 7) is 2.66. The number of aliphatic hydroxyl groups is 1. The third-order valence-electron chi connectivity index (χ3n) is 3.47. The Hall–Kier alpha value is -1.00. The number of hydrogen-bond donors (Lipinski definition) is 1. The molecular weight excluding hydrogens is 238 g/mol. The number of aliphatic hydroxyl groups excluding tert-OH is 1. The van der Waals surface area contributed by atoms with E-state index in [1.165, 1.54) is 12.1 Å². The molecule has 100 valence electrons. The fourth-order valence-electron chi connectivity index (χ4n) is 2.45. The van der Waals surface area contributed by atoms with Crippen molar-refractivity contribution in [1.29, 1.82) is 0 Å². The Morgan fingerprint density at radius 3 is 2.72 bits per heavy atom. The Kier molecular flexibility index (Phi) is 4.30. The molecule has 1 aliphatic rings. The predicted octanol–water partition coefficient (Wildman–Crippen LogP) is 3.20. The molecule has 0 heterocycles. The Balaban J connectivity index is 1.87. The van der Waals surface area contributed by atoms with Crippen LogP contribution in [-0.4, -0.2) is 17.8 Å². The van der Waals surface area contributed by atoms with Gasteiger partial charge in [0.1, 0.15) is 11.6 Å².